The van der Waals surface area contributed by atoms with Gasteiger partial charge in [-0.25, -0.2) is 4.57 Å². The molecule has 0 aliphatic heterocycles. The van der Waals surface area contributed by atoms with E-state index < -0.39 is 20.8 Å². The van der Waals surface area contributed by atoms with Crippen molar-refractivity contribution in [3.63, 3.8) is 0 Å². The van der Waals surface area contributed by atoms with Crippen molar-refractivity contribution >= 4 is 20.8 Å². The number of imidazole rings is 1. The molecule has 0 aliphatic rings. The van der Waals surface area contributed by atoms with E-state index in [4.69, 9.17) is 5.26 Å². The summed E-state index contributed by atoms with van der Waals surface area (Å²) in [5.74, 6) is 0. The van der Waals surface area contributed by atoms with Crippen LogP contribution in [0.5, 0.6) is 0 Å². The lowest BCUT2D eigenvalue weighted by Crippen LogP contribution is -2.33. The number of rotatable bonds is 8. The first-order chi connectivity index (χ1) is 18.1. The number of halogens is 2. The van der Waals surface area contributed by atoms with Crippen molar-refractivity contribution < 1.29 is 29.2 Å². The van der Waals surface area contributed by atoms with Gasteiger partial charge in [-0.3, -0.25) is 0 Å². The first-order valence-electron chi connectivity index (χ1n) is 11.9. The SMILES string of the molecule is CC#N.CC(C)N(Cc1ccccc1)S(=O)(=O)F.CC(C)NCc1ccccc1.C[n+]1ccn(S(=O)(=O)F)c1. The summed E-state index contributed by atoms with van der Waals surface area (Å²) < 4.78 is 69.6. The second-order valence-corrected chi connectivity index (χ2v) is 11.2. The fraction of sp³-hybridized carbons (Fsp3) is 0.385. The Morgan fingerprint density at radius 3 is 1.72 bits per heavy atom. The number of nitriles is 1. The summed E-state index contributed by atoms with van der Waals surface area (Å²) in [7, 11) is -7.62. The lowest BCUT2D eigenvalue weighted by molar-refractivity contribution is -0.670. The second kappa shape index (κ2) is 18.2. The largest absolute Gasteiger partial charge is 0.480 e. The van der Waals surface area contributed by atoms with Crippen molar-refractivity contribution in [2.24, 2.45) is 7.05 Å². The van der Waals surface area contributed by atoms with Gasteiger partial charge in [-0.15, -0.1) is 0 Å². The van der Waals surface area contributed by atoms with Crippen molar-refractivity contribution in [2.45, 2.75) is 59.8 Å². The van der Waals surface area contributed by atoms with Crippen LogP contribution in [0.3, 0.4) is 0 Å². The molecule has 0 atom stereocenters. The maximum absolute atomic E-state index is 12.9. The molecule has 0 unspecified atom stereocenters. The average Bonchev–Trinajstić information content (AvgIpc) is 3.30. The highest BCUT2D eigenvalue weighted by Gasteiger charge is 2.24. The van der Waals surface area contributed by atoms with E-state index in [1.165, 1.54) is 23.3 Å². The van der Waals surface area contributed by atoms with Gasteiger partial charge in [0.2, 0.25) is 0 Å². The van der Waals surface area contributed by atoms with E-state index in [1.54, 1.807) is 51.2 Å². The first-order valence-corrected chi connectivity index (χ1v) is 14.6. The number of nitrogens with one attached hydrogen (secondary N) is 1. The van der Waals surface area contributed by atoms with Crippen molar-refractivity contribution in [3.05, 3.63) is 90.5 Å². The molecule has 0 bridgehead atoms. The number of hydrogen-bond acceptors (Lipinski definition) is 6. The zero-order valence-corrected chi connectivity index (χ0v) is 24.7. The quantitative estimate of drug-likeness (QED) is 0.312. The Bertz CT molecular complexity index is 1330. The first kappa shape index (κ1) is 35.8. The molecular formula is C26H38F2N5O4S2+. The Balaban J connectivity index is 0.000000539. The van der Waals surface area contributed by atoms with E-state index in [9.17, 15) is 24.6 Å². The summed E-state index contributed by atoms with van der Waals surface area (Å²) >= 11 is 0. The Kier molecular flexibility index (Phi) is 16.7. The second-order valence-electron chi connectivity index (χ2n) is 8.66. The van der Waals surface area contributed by atoms with E-state index in [2.05, 4.69) is 43.4 Å². The predicted molar refractivity (Wildman–Crippen MR) is 148 cm³/mol. The van der Waals surface area contributed by atoms with Crippen LogP contribution in [0.2, 0.25) is 0 Å². The maximum Gasteiger partial charge on any atom is 0.480 e. The molecule has 1 N–H and O–H groups in total. The number of aryl methyl sites for hydroxylation is 1. The molecule has 3 aromatic rings. The summed E-state index contributed by atoms with van der Waals surface area (Å²) in [5, 5.41) is 10.7. The fourth-order valence-corrected chi connectivity index (χ4v) is 4.02. The van der Waals surface area contributed by atoms with Crippen LogP contribution in [0.15, 0.2) is 79.4 Å². The smallest absolute Gasteiger partial charge is 0.310 e. The zero-order chi connectivity index (χ0) is 30.1. The van der Waals surface area contributed by atoms with Crippen LogP contribution in [-0.4, -0.2) is 37.2 Å². The van der Waals surface area contributed by atoms with Crippen molar-refractivity contribution in [1.29, 1.82) is 5.26 Å². The molecule has 0 saturated heterocycles. The molecule has 13 heteroatoms. The van der Waals surface area contributed by atoms with Gasteiger partial charge in [0.15, 0.2) is 0 Å². The van der Waals surface area contributed by atoms with E-state index in [1.807, 2.05) is 12.1 Å². The van der Waals surface area contributed by atoms with Gasteiger partial charge in [0, 0.05) is 32.1 Å². The van der Waals surface area contributed by atoms with E-state index >= 15 is 0 Å². The Morgan fingerprint density at radius 2 is 1.41 bits per heavy atom. The molecule has 0 radical (unpaired) electrons. The third kappa shape index (κ3) is 17.1. The highest BCUT2D eigenvalue weighted by Crippen LogP contribution is 2.14. The van der Waals surface area contributed by atoms with Crippen LogP contribution < -0.4 is 9.88 Å². The maximum atomic E-state index is 12.9. The van der Waals surface area contributed by atoms with Crippen LogP contribution in [0.25, 0.3) is 0 Å². The van der Waals surface area contributed by atoms with Gasteiger partial charge in [0.05, 0.1) is 13.1 Å². The topological polar surface area (TPSA) is 116 Å². The molecule has 0 aliphatic carbocycles. The third-order valence-electron chi connectivity index (χ3n) is 4.59. The summed E-state index contributed by atoms with van der Waals surface area (Å²) in [5.41, 5.74) is 2.12. The Hall–Kier alpha value is -3.18. The van der Waals surface area contributed by atoms with Gasteiger partial charge in [-0.05, 0) is 25.0 Å². The molecule has 0 amide bonds. The summed E-state index contributed by atoms with van der Waals surface area (Å²) in [6.07, 6.45) is 3.67. The molecule has 1 aromatic heterocycles. The number of hydrogen-bond donors (Lipinski definition) is 1. The molecule has 1 heterocycles. The van der Waals surface area contributed by atoms with Crippen molar-refractivity contribution in [2.75, 3.05) is 0 Å². The van der Waals surface area contributed by atoms with Crippen LogP contribution in [0.4, 0.5) is 7.77 Å². The predicted octanol–water partition coefficient (Wildman–Crippen LogP) is 4.20. The summed E-state index contributed by atoms with van der Waals surface area (Å²) in [6.45, 7) is 10.1. The molecule has 2 aromatic carbocycles. The van der Waals surface area contributed by atoms with Crippen molar-refractivity contribution in [1.82, 2.24) is 13.6 Å². The van der Waals surface area contributed by atoms with Gasteiger partial charge in [-0.2, -0.15) is 26.4 Å². The lowest BCUT2D eigenvalue weighted by Gasteiger charge is -2.21. The minimum Gasteiger partial charge on any atom is -0.310 e. The minimum atomic E-state index is -4.63. The molecule has 39 heavy (non-hydrogen) atoms. The molecular weight excluding hydrogens is 548 g/mol. The minimum absolute atomic E-state index is 0.0668. The average molecular weight is 587 g/mol. The van der Waals surface area contributed by atoms with E-state index in [-0.39, 0.29) is 12.6 Å². The van der Waals surface area contributed by atoms with Gasteiger partial charge >= 0.3 is 20.8 Å². The standard InChI is InChI=1S/C10H14FNO2S.C10H15N.C4H6FN2O2S.C2H3N/c1-9(2)12(15(11,13)14)8-10-6-4-3-5-7-10;1-9(2)11-8-10-6-4-3-5-7-10;1-6-2-3-7(4-6)10(5,8)9;1-2-3/h3-7,9H,8H2,1-2H3;3-7,9,11H,8H2,1-2H3;2-4H,1H3;1H3/q;;+1;. The Morgan fingerprint density at radius 1 is 0.949 bits per heavy atom. The van der Waals surface area contributed by atoms with Crippen molar-refractivity contribution in [3.8, 4) is 6.07 Å². The molecule has 9 nitrogen and oxygen atoms in total. The van der Waals surface area contributed by atoms with E-state index in [0.29, 0.717) is 10.0 Å². The highest BCUT2D eigenvalue weighted by molar-refractivity contribution is 7.84. The summed E-state index contributed by atoms with van der Waals surface area (Å²) in [4.78, 5) is 0. The van der Waals surface area contributed by atoms with Gasteiger partial charge in [0.25, 0.3) is 6.33 Å². The zero-order valence-electron chi connectivity index (χ0n) is 23.1. The molecule has 0 spiro atoms. The third-order valence-corrected chi connectivity index (χ3v) is 6.42. The molecule has 0 saturated carbocycles. The van der Waals surface area contributed by atoms with Crippen LogP contribution >= 0.6 is 0 Å². The van der Waals surface area contributed by atoms with Crippen LogP contribution in [0.1, 0.15) is 45.7 Å². The van der Waals surface area contributed by atoms with Crippen LogP contribution in [-0.2, 0) is 41.0 Å². The van der Waals surface area contributed by atoms with Gasteiger partial charge in [0.1, 0.15) is 12.4 Å². The number of nitrogens with zero attached hydrogens (tertiary/aromatic N) is 4. The number of aromatic nitrogens is 2. The summed E-state index contributed by atoms with van der Waals surface area (Å²) in [6, 6.07) is 21.3. The van der Waals surface area contributed by atoms with Gasteiger partial charge in [-0.1, -0.05) is 86.3 Å². The molecule has 3 rings (SSSR count). The van der Waals surface area contributed by atoms with Crippen LogP contribution in [0, 0.1) is 11.3 Å². The van der Waals surface area contributed by atoms with Gasteiger partial charge < -0.3 is 5.32 Å². The molecule has 0 fully saturated rings. The Labute approximate surface area is 232 Å². The highest BCUT2D eigenvalue weighted by atomic mass is 32.3. The van der Waals surface area contributed by atoms with E-state index in [0.717, 1.165) is 28.9 Å². The number of benzene rings is 2. The lowest BCUT2D eigenvalue weighted by atomic mass is 10.2. The molecule has 216 valence electrons. The normalized spacial score (nSPS) is 10.9. The fourth-order valence-electron chi connectivity index (χ4n) is 2.75. The monoisotopic (exact) mass is 586 g/mol.